The van der Waals surface area contributed by atoms with Crippen molar-refractivity contribution in [2.45, 2.75) is 13.3 Å². The summed E-state index contributed by atoms with van der Waals surface area (Å²) in [5.41, 5.74) is 3.18. The van der Waals surface area contributed by atoms with Crippen molar-refractivity contribution in [2.24, 2.45) is 0 Å². The van der Waals surface area contributed by atoms with E-state index in [0.29, 0.717) is 17.5 Å². The summed E-state index contributed by atoms with van der Waals surface area (Å²) in [5.74, 6) is 0.355. The molecule has 0 fully saturated rings. The number of rotatable bonds is 5. The number of aromatic amines is 1. The van der Waals surface area contributed by atoms with E-state index >= 15 is 0 Å². The number of nitrogens with zero attached hydrogens (tertiary/aromatic N) is 1. The van der Waals surface area contributed by atoms with Crippen LogP contribution in [-0.2, 0) is 6.42 Å². The summed E-state index contributed by atoms with van der Waals surface area (Å²) in [7, 11) is 3.40. The summed E-state index contributed by atoms with van der Waals surface area (Å²) in [4.78, 5) is 17.7. The summed E-state index contributed by atoms with van der Waals surface area (Å²) >= 11 is 0. The second-order valence-corrected chi connectivity index (χ2v) is 6.14. The van der Waals surface area contributed by atoms with Crippen molar-refractivity contribution in [3.05, 3.63) is 65.1 Å². The summed E-state index contributed by atoms with van der Waals surface area (Å²) in [6.07, 6.45) is 0.738. The van der Waals surface area contributed by atoms with Gasteiger partial charge in [-0.15, -0.1) is 0 Å². The Morgan fingerprint density at radius 1 is 1.20 bits per heavy atom. The lowest BCUT2D eigenvalue weighted by molar-refractivity contribution is 0.0798. The third kappa shape index (κ3) is 3.50. The average Bonchev–Trinajstić information content (AvgIpc) is 2.94. The highest BCUT2D eigenvalue weighted by Gasteiger charge is 2.19. The lowest BCUT2D eigenvalue weighted by atomic mass is 10.1. The number of hydrogen-bond donors (Lipinski definition) is 1. The average molecular weight is 340 g/mol. The number of H-pyrrole nitrogens is 1. The lowest BCUT2D eigenvalue weighted by Gasteiger charge is -2.17. The molecular formula is C20H21FN2O2. The molecule has 0 bridgehead atoms. The van der Waals surface area contributed by atoms with E-state index in [9.17, 15) is 9.18 Å². The molecular weight excluding hydrogens is 319 g/mol. The number of benzene rings is 2. The fourth-order valence-corrected chi connectivity index (χ4v) is 2.96. The van der Waals surface area contributed by atoms with Gasteiger partial charge in [-0.1, -0.05) is 12.1 Å². The highest BCUT2D eigenvalue weighted by molar-refractivity contribution is 6.08. The molecule has 3 aromatic rings. The number of hydrogen-bond acceptors (Lipinski definition) is 2. The Bertz CT molecular complexity index is 900. The number of nitrogens with one attached hydrogen (secondary N) is 1. The normalized spacial score (nSPS) is 10.9. The number of halogens is 1. The molecule has 1 amide bonds. The van der Waals surface area contributed by atoms with Crippen LogP contribution in [0.2, 0.25) is 0 Å². The molecule has 0 aliphatic rings. The number of fused-ring (bicyclic) bond motifs is 1. The van der Waals surface area contributed by atoms with Gasteiger partial charge in [0.15, 0.2) is 0 Å². The molecule has 0 unspecified atom stereocenters. The van der Waals surface area contributed by atoms with Gasteiger partial charge in [0.05, 0.1) is 12.7 Å². The minimum atomic E-state index is -0.346. The lowest BCUT2D eigenvalue weighted by Crippen LogP contribution is -2.29. The van der Waals surface area contributed by atoms with Gasteiger partial charge in [0, 0.05) is 30.2 Å². The monoisotopic (exact) mass is 340 g/mol. The van der Waals surface area contributed by atoms with Crippen LogP contribution in [0.25, 0.3) is 10.9 Å². The highest BCUT2D eigenvalue weighted by atomic mass is 19.1. The van der Waals surface area contributed by atoms with Crippen LogP contribution < -0.4 is 4.74 Å². The van der Waals surface area contributed by atoms with Crippen molar-refractivity contribution in [3.8, 4) is 5.75 Å². The zero-order valence-corrected chi connectivity index (χ0v) is 14.6. The second kappa shape index (κ2) is 6.97. The molecule has 5 heteroatoms. The van der Waals surface area contributed by atoms with Crippen molar-refractivity contribution >= 4 is 16.8 Å². The molecule has 25 heavy (non-hydrogen) atoms. The van der Waals surface area contributed by atoms with E-state index in [1.807, 2.05) is 31.2 Å². The fourth-order valence-electron chi connectivity index (χ4n) is 2.96. The number of amides is 1. The zero-order chi connectivity index (χ0) is 18.0. The zero-order valence-electron chi connectivity index (χ0n) is 14.6. The van der Waals surface area contributed by atoms with E-state index in [0.717, 1.165) is 28.9 Å². The molecule has 130 valence electrons. The molecule has 1 heterocycles. The molecule has 0 radical (unpaired) electrons. The number of methoxy groups -OCH3 is 1. The Morgan fingerprint density at radius 2 is 1.92 bits per heavy atom. The summed E-state index contributed by atoms with van der Waals surface area (Å²) < 4.78 is 18.7. The number of carbonyl (C=O) groups is 1. The Hall–Kier alpha value is -2.82. The first-order valence-electron chi connectivity index (χ1n) is 8.16. The van der Waals surface area contributed by atoms with Crippen molar-refractivity contribution in [1.29, 1.82) is 0 Å². The van der Waals surface area contributed by atoms with Crippen LogP contribution in [0.1, 0.15) is 21.6 Å². The Morgan fingerprint density at radius 3 is 2.60 bits per heavy atom. The maximum Gasteiger partial charge on any atom is 0.256 e. The van der Waals surface area contributed by atoms with E-state index in [2.05, 4.69) is 4.98 Å². The van der Waals surface area contributed by atoms with Crippen molar-refractivity contribution in [3.63, 3.8) is 0 Å². The SMILES string of the molecule is COc1ccc(CCN(C)C(=O)c2c(C)[nH]c3ccc(F)cc23)cc1. The van der Waals surface area contributed by atoms with Crippen molar-refractivity contribution in [1.82, 2.24) is 9.88 Å². The van der Waals surface area contributed by atoms with Crippen LogP contribution >= 0.6 is 0 Å². The van der Waals surface area contributed by atoms with Gasteiger partial charge in [-0.3, -0.25) is 4.79 Å². The first-order chi connectivity index (χ1) is 12.0. The molecule has 0 aliphatic heterocycles. The molecule has 0 aliphatic carbocycles. The molecule has 1 N–H and O–H groups in total. The van der Waals surface area contributed by atoms with Crippen molar-refractivity contribution in [2.75, 3.05) is 20.7 Å². The number of likely N-dealkylation sites (N-methyl/N-ethyl adjacent to an activating group) is 1. The number of aryl methyl sites for hydroxylation is 1. The largest absolute Gasteiger partial charge is 0.497 e. The van der Waals surface area contributed by atoms with Gasteiger partial charge in [0.2, 0.25) is 0 Å². The molecule has 0 atom stereocenters. The first-order valence-corrected chi connectivity index (χ1v) is 8.16. The standard InChI is InChI=1S/C20H21FN2O2/c1-13-19(17-12-15(21)6-9-18(17)22-13)20(24)23(2)11-10-14-4-7-16(25-3)8-5-14/h4-9,12,22H,10-11H2,1-3H3. The maximum absolute atomic E-state index is 13.6. The third-order valence-corrected chi connectivity index (χ3v) is 4.40. The highest BCUT2D eigenvalue weighted by Crippen LogP contribution is 2.24. The topological polar surface area (TPSA) is 45.3 Å². The minimum absolute atomic E-state index is 0.108. The van der Waals surface area contributed by atoms with E-state index in [-0.39, 0.29) is 11.7 Å². The van der Waals surface area contributed by atoms with Crippen LogP contribution in [0.3, 0.4) is 0 Å². The summed E-state index contributed by atoms with van der Waals surface area (Å²) in [5, 5.41) is 0.624. The van der Waals surface area contributed by atoms with Gasteiger partial charge in [0.25, 0.3) is 5.91 Å². The predicted molar refractivity (Wildman–Crippen MR) is 96.7 cm³/mol. The van der Waals surface area contributed by atoms with Gasteiger partial charge in [-0.05, 0) is 49.2 Å². The van der Waals surface area contributed by atoms with Gasteiger partial charge >= 0.3 is 0 Å². The van der Waals surface area contributed by atoms with Crippen molar-refractivity contribution < 1.29 is 13.9 Å². The Balaban J connectivity index is 1.76. The molecule has 0 saturated heterocycles. The predicted octanol–water partition coefficient (Wildman–Crippen LogP) is 3.94. The third-order valence-electron chi connectivity index (χ3n) is 4.40. The van der Waals surface area contributed by atoms with Crippen LogP contribution in [0.15, 0.2) is 42.5 Å². The number of carbonyl (C=O) groups excluding carboxylic acids is 1. The molecule has 1 aromatic heterocycles. The van der Waals surface area contributed by atoms with Gasteiger partial charge in [0.1, 0.15) is 11.6 Å². The molecule has 0 spiro atoms. The van der Waals surface area contributed by atoms with Crippen LogP contribution in [0.5, 0.6) is 5.75 Å². The first kappa shape index (κ1) is 17.0. The number of ether oxygens (including phenoxy) is 1. The van der Waals surface area contributed by atoms with Crippen LogP contribution in [0.4, 0.5) is 4.39 Å². The molecule has 4 nitrogen and oxygen atoms in total. The minimum Gasteiger partial charge on any atom is -0.497 e. The Labute approximate surface area is 146 Å². The maximum atomic E-state index is 13.6. The van der Waals surface area contributed by atoms with Crippen LogP contribution in [-0.4, -0.2) is 36.5 Å². The van der Waals surface area contributed by atoms with Crippen LogP contribution in [0, 0.1) is 12.7 Å². The van der Waals surface area contributed by atoms with Gasteiger partial charge in [-0.2, -0.15) is 0 Å². The molecule has 0 saturated carbocycles. The summed E-state index contributed by atoms with van der Waals surface area (Å²) in [6.45, 7) is 2.41. The Kier molecular flexibility index (Phi) is 4.74. The van der Waals surface area contributed by atoms with E-state index in [1.54, 1.807) is 25.1 Å². The quantitative estimate of drug-likeness (QED) is 0.765. The summed E-state index contributed by atoms with van der Waals surface area (Å²) in [6, 6.07) is 12.2. The van der Waals surface area contributed by atoms with Gasteiger partial charge in [-0.25, -0.2) is 4.39 Å². The smallest absolute Gasteiger partial charge is 0.256 e. The second-order valence-electron chi connectivity index (χ2n) is 6.14. The molecule has 2 aromatic carbocycles. The fraction of sp³-hybridized carbons (Fsp3) is 0.250. The van der Waals surface area contributed by atoms with E-state index < -0.39 is 0 Å². The van der Waals surface area contributed by atoms with E-state index in [4.69, 9.17) is 4.74 Å². The van der Waals surface area contributed by atoms with E-state index in [1.165, 1.54) is 12.1 Å². The van der Waals surface area contributed by atoms with Gasteiger partial charge < -0.3 is 14.6 Å². The number of aromatic nitrogens is 1. The molecule has 3 rings (SSSR count).